The minimum atomic E-state index is -0.808. The first-order valence-electron chi connectivity index (χ1n) is 20.2. The normalized spacial score (nSPS) is 52.5. The SMILES string of the molecule is C=C1C[C@@H]2CC[C@@]34C[C@@H]5O[C@@H]6C(O[C@H]7CC[C@H](CC(=O)O[C@@H]8[C@@H](OC)[C@H](OC)[C@H](CCO)O[C@H]8C[C@H]8O[C@@H](CC[C@@H]1O2)C[C@@H](C)C8=C)O[C@@H]7[C@@H]6O3)[C@H]5O4. The monoisotopic (exact) mass is 746 g/mol. The summed E-state index contributed by atoms with van der Waals surface area (Å²) in [5, 5.41) is 9.95. The van der Waals surface area contributed by atoms with E-state index in [1.165, 1.54) is 0 Å². The molecule has 1 unspecified atom stereocenters. The van der Waals surface area contributed by atoms with Crippen LogP contribution in [0.15, 0.2) is 24.3 Å². The largest absolute Gasteiger partial charge is 0.457 e. The lowest BCUT2D eigenvalue weighted by atomic mass is 9.83. The Morgan fingerprint density at radius 1 is 0.717 bits per heavy atom. The second kappa shape index (κ2) is 14.8. The molecule has 10 aliphatic heterocycles. The number of ether oxygens (including phenoxy) is 11. The third-order valence-corrected chi connectivity index (χ3v) is 13.7. The Kier molecular flexibility index (Phi) is 10.4. The number of carbonyl (C=O) groups is 1. The maximum absolute atomic E-state index is 14.0. The number of carbonyl (C=O) groups excluding carboxylic acids is 1. The molecule has 10 saturated heterocycles. The van der Waals surface area contributed by atoms with E-state index in [1.54, 1.807) is 14.2 Å². The molecular weight excluding hydrogens is 688 g/mol. The van der Waals surface area contributed by atoms with Crippen molar-refractivity contribution < 1.29 is 62.0 Å². The van der Waals surface area contributed by atoms with E-state index >= 15 is 0 Å². The van der Waals surface area contributed by atoms with Crippen molar-refractivity contribution in [3.63, 3.8) is 0 Å². The number of aliphatic hydroxyl groups excluding tert-OH is 1. The summed E-state index contributed by atoms with van der Waals surface area (Å²) >= 11 is 0. The Labute approximate surface area is 312 Å². The maximum atomic E-state index is 14.0. The van der Waals surface area contributed by atoms with Crippen molar-refractivity contribution in [2.24, 2.45) is 5.92 Å². The van der Waals surface area contributed by atoms with Gasteiger partial charge in [-0.2, -0.15) is 0 Å². The molecule has 53 heavy (non-hydrogen) atoms. The summed E-state index contributed by atoms with van der Waals surface area (Å²) in [4.78, 5) is 14.0. The van der Waals surface area contributed by atoms with Crippen LogP contribution in [0.1, 0.15) is 84.0 Å². The van der Waals surface area contributed by atoms with Crippen LogP contribution in [0.25, 0.3) is 0 Å². The van der Waals surface area contributed by atoms with E-state index < -0.39 is 54.5 Å². The second-order valence-corrected chi connectivity index (χ2v) is 17.1. The smallest absolute Gasteiger partial charge is 0.308 e. The molecule has 12 bridgehead atoms. The molecule has 0 aromatic rings. The van der Waals surface area contributed by atoms with Crippen molar-refractivity contribution in [2.45, 2.75) is 194 Å². The van der Waals surface area contributed by atoms with E-state index in [1.807, 2.05) is 0 Å². The molecule has 1 spiro atoms. The zero-order chi connectivity index (χ0) is 36.6. The number of esters is 1. The van der Waals surface area contributed by atoms with Crippen LogP contribution in [0.5, 0.6) is 0 Å². The van der Waals surface area contributed by atoms with Gasteiger partial charge in [0.1, 0.15) is 48.8 Å². The van der Waals surface area contributed by atoms with Crippen LogP contribution < -0.4 is 0 Å². The fourth-order valence-electron chi connectivity index (χ4n) is 11.1. The first kappa shape index (κ1) is 37.1. The molecule has 10 aliphatic rings. The Balaban J connectivity index is 1.01. The molecule has 10 rings (SSSR count). The van der Waals surface area contributed by atoms with Gasteiger partial charge in [0.25, 0.3) is 0 Å². The number of aliphatic hydroxyl groups is 1. The summed E-state index contributed by atoms with van der Waals surface area (Å²) in [7, 11) is 3.17. The number of methoxy groups -OCH3 is 2. The number of fused-ring (bicyclic) bond motifs is 6. The highest BCUT2D eigenvalue weighted by Gasteiger charge is 2.68. The van der Waals surface area contributed by atoms with Gasteiger partial charge < -0.3 is 57.2 Å². The van der Waals surface area contributed by atoms with Gasteiger partial charge in [0.05, 0.1) is 55.3 Å². The van der Waals surface area contributed by atoms with Crippen molar-refractivity contribution >= 4 is 5.97 Å². The zero-order valence-electron chi connectivity index (χ0n) is 31.3. The summed E-state index contributed by atoms with van der Waals surface area (Å²) in [6.07, 6.45) is 2.04. The Morgan fingerprint density at radius 2 is 1.45 bits per heavy atom. The molecule has 0 aromatic heterocycles. The fourth-order valence-corrected chi connectivity index (χ4v) is 11.1. The van der Waals surface area contributed by atoms with E-state index in [0.717, 1.165) is 49.7 Å². The highest BCUT2D eigenvalue weighted by Crippen LogP contribution is 2.54. The van der Waals surface area contributed by atoms with Crippen LogP contribution in [0, 0.1) is 5.92 Å². The second-order valence-electron chi connectivity index (χ2n) is 17.1. The zero-order valence-corrected chi connectivity index (χ0v) is 31.3. The van der Waals surface area contributed by atoms with E-state index in [2.05, 4.69) is 20.1 Å². The van der Waals surface area contributed by atoms with Gasteiger partial charge in [-0.05, 0) is 68.4 Å². The Bertz CT molecular complexity index is 1390. The van der Waals surface area contributed by atoms with E-state index in [-0.39, 0.29) is 80.0 Å². The average Bonchev–Trinajstić information content (AvgIpc) is 3.72. The van der Waals surface area contributed by atoms with Gasteiger partial charge in [-0.15, -0.1) is 0 Å². The summed E-state index contributed by atoms with van der Waals surface area (Å²) in [6, 6.07) is 0. The molecule has 296 valence electrons. The summed E-state index contributed by atoms with van der Waals surface area (Å²) in [5.41, 5.74) is 2.12. The van der Waals surface area contributed by atoms with Crippen LogP contribution >= 0.6 is 0 Å². The maximum Gasteiger partial charge on any atom is 0.308 e. The van der Waals surface area contributed by atoms with E-state index in [4.69, 9.17) is 52.1 Å². The lowest BCUT2D eigenvalue weighted by Gasteiger charge is -2.48. The van der Waals surface area contributed by atoms with E-state index in [9.17, 15) is 9.90 Å². The average molecular weight is 747 g/mol. The van der Waals surface area contributed by atoms with Crippen molar-refractivity contribution in [1.29, 1.82) is 0 Å². The Hall–Kier alpha value is -1.49. The standard InChI is InChI=1S/C40H58O13/c1-19-14-22-6-8-25-20(2)15-24(45-25)10-12-40-18-30-35(52-40)37-38(50-30)39(53-40)33-26(49-37)9-7-23(47-33)16-31(42)51-34-29(17-28(46-22)21(19)3)48-27(11-13-41)32(43-4)36(34)44-5/h19,22-30,32-39,41H,2-3,6-18H2,1,4-5H3/t19-,22+,23-,24+,25+,26+,27+,28-,29+,30+,32-,33+,34+,35+,36+,37?,38-,39+,40+/m1/s1. The predicted molar refractivity (Wildman–Crippen MR) is 186 cm³/mol. The Morgan fingerprint density at radius 3 is 2.26 bits per heavy atom. The first-order chi connectivity index (χ1) is 25.7. The van der Waals surface area contributed by atoms with Crippen molar-refractivity contribution in [3.8, 4) is 0 Å². The van der Waals surface area contributed by atoms with Crippen LogP contribution in [0.3, 0.4) is 0 Å². The van der Waals surface area contributed by atoms with Crippen molar-refractivity contribution in [1.82, 2.24) is 0 Å². The molecule has 13 nitrogen and oxygen atoms in total. The van der Waals surface area contributed by atoms with Crippen molar-refractivity contribution in [3.05, 3.63) is 24.3 Å². The molecule has 0 saturated carbocycles. The third kappa shape index (κ3) is 6.77. The van der Waals surface area contributed by atoms with Gasteiger partial charge in [-0.25, -0.2) is 0 Å². The predicted octanol–water partition coefficient (Wildman–Crippen LogP) is 3.46. The molecule has 0 amide bonds. The van der Waals surface area contributed by atoms with Crippen LogP contribution in [-0.2, 0) is 56.9 Å². The van der Waals surface area contributed by atoms with Gasteiger partial charge >= 0.3 is 5.97 Å². The minimum absolute atomic E-state index is 0.00744. The van der Waals surface area contributed by atoms with Crippen LogP contribution in [0.4, 0.5) is 0 Å². The molecule has 0 radical (unpaired) electrons. The highest BCUT2D eigenvalue weighted by molar-refractivity contribution is 5.70. The fraction of sp³-hybridized carbons (Fsp3) is 0.875. The van der Waals surface area contributed by atoms with Crippen molar-refractivity contribution in [2.75, 3.05) is 20.8 Å². The molecule has 10 heterocycles. The molecule has 13 heteroatoms. The molecular formula is C40H58O13. The summed E-state index contributed by atoms with van der Waals surface area (Å²) in [5.74, 6) is -0.989. The molecule has 0 aliphatic carbocycles. The number of hydrogen-bond donors (Lipinski definition) is 1. The summed E-state index contributed by atoms with van der Waals surface area (Å²) < 4.78 is 72.0. The van der Waals surface area contributed by atoms with Gasteiger partial charge in [0.15, 0.2) is 11.9 Å². The lowest BCUT2D eigenvalue weighted by Crippen LogP contribution is -2.62. The van der Waals surface area contributed by atoms with Crippen LogP contribution in [0.2, 0.25) is 0 Å². The van der Waals surface area contributed by atoms with Gasteiger partial charge in [0.2, 0.25) is 0 Å². The van der Waals surface area contributed by atoms with Gasteiger partial charge in [-0.3, -0.25) is 4.79 Å². The number of rotatable bonds is 4. The molecule has 0 aromatic carbocycles. The third-order valence-electron chi connectivity index (χ3n) is 13.7. The first-order valence-corrected chi connectivity index (χ1v) is 20.2. The van der Waals surface area contributed by atoms with E-state index in [0.29, 0.717) is 32.1 Å². The molecule has 10 fully saturated rings. The summed E-state index contributed by atoms with van der Waals surface area (Å²) in [6.45, 7) is 11.0. The van der Waals surface area contributed by atoms with Crippen LogP contribution in [-0.4, -0.2) is 141 Å². The number of hydrogen-bond acceptors (Lipinski definition) is 13. The lowest BCUT2D eigenvalue weighted by molar-refractivity contribution is -0.293. The quantitative estimate of drug-likeness (QED) is 0.332. The molecule has 19 atom stereocenters. The molecule has 1 N–H and O–H groups in total. The van der Waals surface area contributed by atoms with Gasteiger partial charge in [0, 0.05) is 40.1 Å². The highest BCUT2D eigenvalue weighted by atomic mass is 16.8. The minimum Gasteiger partial charge on any atom is -0.457 e. The topological polar surface area (TPSA) is 139 Å². The van der Waals surface area contributed by atoms with Gasteiger partial charge in [-0.1, -0.05) is 20.1 Å².